The van der Waals surface area contributed by atoms with Crippen LogP contribution < -0.4 is 0 Å². The maximum atomic E-state index is 12.0. The molecule has 0 aliphatic heterocycles. The van der Waals surface area contributed by atoms with Gasteiger partial charge in [-0.05, 0) is 38.3 Å². The zero-order chi connectivity index (χ0) is 15.3. The summed E-state index contributed by atoms with van der Waals surface area (Å²) in [5, 5.41) is 0. The molecule has 0 radical (unpaired) electrons. The van der Waals surface area contributed by atoms with Gasteiger partial charge in [0.1, 0.15) is 0 Å². The molecule has 1 aliphatic carbocycles. The van der Waals surface area contributed by atoms with Gasteiger partial charge in [-0.2, -0.15) is 0 Å². The number of esters is 2. The molecule has 0 saturated carbocycles. The number of hydrogen-bond acceptors (Lipinski definition) is 5. The first-order valence-electron chi connectivity index (χ1n) is 6.44. The number of ketones is 1. The third-order valence-electron chi connectivity index (χ3n) is 3.29. The highest BCUT2D eigenvalue weighted by atomic mass is 16.5. The smallest absolute Gasteiger partial charge is 0.309 e. The summed E-state index contributed by atoms with van der Waals surface area (Å²) in [7, 11) is 2.55. The lowest BCUT2D eigenvalue weighted by Crippen LogP contribution is -2.34. The van der Waals surface area contributed by atoms with Crippen LogP contribution in [0.2, 0.25) is 0 Å². The molecule has 0 spiro atoms. The summed E-state index contributed by atoms with van der Waals surface area (Å²) < 4.78 is 9.43. The molecule has 0 amide bonds. The molecule has 2 atom stereocenters. The quantitative estimate of drug-likeness (QED) is 0.580. The highest BCUT2D eigenvalue weighted by molar-refractivity contribution is 6.05. The van der Waals surface area contributed by atoms with Gasteiger partial charge in [0.25, 0.3) is 0 Å². The predicted molar refractivity (Wildman–Crippen MR) is 72.8 cm³/mol. The highest BCUT2D eigenvalue weighted by Crippen LogP contribution is 2.32. The number of hydrogen-bond donors (Lipinski definition) is 0. The SMILES string of the molecule is COC(=O)[C@H]1CC(C(=O)C=C(C)C)=CC[C@H]1C(=O)OC. The monoisotopic (exact) mass is 280 g/mol. The standard InChI is InChI=1S/C15H20O5/c1-9(2)7-13(16)10-5-6-11(14(17)19-3)12(8-10)15(18)20-4/h5,7,11-12H,6,8H2,1-4H3/t11-,12+/m1/s1. The van der Waals surface area contributed by atoms with E-state index in [-0.39, 0.29) is 12.2 Å². The summed E-state index contributed by atoms with van der Waals surface area (Å²) in [5.74, 6) is -2.32. The fraction of sp³-hybridized carbons (Fsp3) is 0.533. The van der Waals surface area contributed by atoms with E-state index in [0.717, 1.165) is 5.57 Å². The summed E-state index contributed by atoms with van der Waals surface area (Å²) >= 11 is 0. The molecular formula is C15H20O5. The summed E-state index contributed by atoms with van der Waals surface area (Å²) in [6, 6.07) is 0. The van der Waals surface area contributed by atoms with E-state index in [4.69, 9.17) is 9.47 Å². The van der Waals surface area contributed by atoms with Crippen LogP contribution in [0.5, 0.6) is 0 Å². The number of rotatable bonds is 4. The van der Waals surface area contributed by atoms with Gasteiger partial charge in [-0.15, -0.1) is 0 Å². The minimum atomic E-state index is -0.665. The van der Waals surface area contributed by atoms with Crippen LogP contribution in [0.1, 0.15) is 26.7 Å². The Morgan fingerprint density at radius 1 is 1.10 bits per heavy atom. The van der Waals surface area contributed by atoms with E-state index in [1.165, 1.54) is 20.3 Å². The molecule has 5 heteroatoms. The second-order valence-electron chi connectivity index (χ2n) is 5.01. The minimum Gasteiger partial charge on any atom is -0.469 e. The van der Waals surface area contributed by atoms with Crippen LogP contribution in [-0.4, -0.2) is 31.9 Å². The van der Waals surface area contributed by atoms with Crippen molar-refractivity contribution in [3.8, 4) is 0 Å². The highest BCUT2D eigenvalue weighted by Gasteiger charge is 2.38. The van der Waals surface area contributed by atoms with Crippen LogP contribution in [-0.2, 0) is 23.9 Å². The van der Waals surface area contributed by atoms with E-state index < -0.39 is 23.8 Å². The molecule has 0 saturated heterocycles. The van der Waals surface area contributed by atoms with Gasteiger partial charge in [-0.25, -0.2) is 0 Å². The molecule has 0 unspecified atom stereocenters. The van der Waals surface area contributed by atoms with Gasteiger partial charge in [0.05, 0.1) is 26.1 Å². The maximum Gasteiger partial charge on any atom is 0.309 e. The second-order valence-corrected chi connectivity index (χ2v) is 5.01. The van der Waals surface area contributed by atoms with Crippen molar-refractivity contribution in [1.82, 2.24) is 0 Å². The van der Waals surface area contributed by atoms with Gasteiger partial charge in [-0.3, -0.25) is 14.4 Å². The fourth-order valence-electron chi connectivity index (χ4n) is 2.26. The van der Waals surface area contributed by atoms with E-state index in [1.54, 1.807) is 6.08 Å². The van der Waals surface area contributed by atoms with Gasteiger partial charge in [-0.1, -0.05) is 11.6 Å². The molecule has 0 N–H and O–H groups in total. The van der Waals surface area contributed by atoms with Crippen LogP contribution in [0.3, 0.4) is 0 Å². The first-order chi connectivity index (χ1) is 9.40. The molecular weight excluding hydrogens is 260 g/mol. The van der Waals surface area contributed by atoms with E-state index in [9.17, 15) is 14.4 Å². The van der Waals surface area contributed by atoms with Crippen molar-refractivity contribution in [2.24, 2.45) is 11.8 Å². The number of carbonyl (C=O) groups is 3. The van der Waals surface area contributed by atoms with Crippen LogP contribution >= 0.6 is 0 Å². The van der Waals surface area contributed by atoms with Crippen LogP contribution in [0.15, 0.2) is 23.3 Å². The van der Waals surface area contributed by atoms with Crippen molar-refractivity contribution in [3.63, 3.8) is 0 Å². The van der Waals surface area contributed by atoms with Gasteiger partial charge in [0.2, 0.25) is 0 Å². The predicted octanol–water partition coefficient (Wildman–Crippen LogP) is 1.82. The molecule has 0 heterocycles. The summed E-state index contributed by atoms with van der Waals surface area (Å²) in [4.78, 5) is 35.5. The van der Waals surface area contributed by atoms with Gasteiger partial charge >= 0.3 is 11.9 Å². The van der Waals surface area contributed by atoms with Crippen molar-refractivity contribution >= 4 is 17.7 Å². The van der Waals surface area contributed by atoms with Crippen LogP contribution in [0.25, 0.3) is 0 Å². The van der Waals surface area contributed by atoms with E-state index in [2.05, 4.69) is 0 Å². The van der Waals surface area contributed by atoms with Crippen molar-refractivity contribution in [2.45, 2.75) is 26.7 Å². The number of carbonyl (C=O) groups excluding carboxylic acids is 3. The average molecular weight is 280 g/mol. The lowest BCUT2D eigenvalue weighted by atomic mass is 9.78. The first kappa shape index (κ1) is 16.1. The molecule has 0 aromatic carbocycles. The molecule has 0 aromatic rings. The van der Waals surface area contributed by atoms with Gasteiger partial charge in [0, 0.05) is 0 Å². The Labute approximate surface area is 118 Å². The Morgan fingerprint density at radius 3 is 2.15 bits per heavy atom. The lowest BCUT2D eigenvalue weighted by Gasteiger charge is -2.26. The van der Waals surface area contributed by atoms with E-state index in [0.29, 0.717) is 12.0 Å². The lowest BCUT2D eigenvalue weighted by molar-refractivity contribution is -0.157. The minimum absolute atomic E-state index is 0.123. The molecule has 0 bridgehead atoms. The Bertz CT molecular complexity index is 469. The molecule has 20 heavy (non-hydrogen) atoms. The molecule has 110 valence electrons. The number of ether oxygens (including phenoxy) is 2. The van der Waals surface area contributed by atoms with Crippen molar-refractivity contribution in [1.29, 1.82) is 0 Å². The van der Waals surface area contributed by atoms with E-state index >= 15 is 0 Å². The Morgan fingerprint density at radius 2 is 1.65 bits per heavy atom. The Balaban J connectivity index is 2.99. The summed E-state index contributed by atoms with van der Waals surface area (Å²) in [6.45, 7) is 3.66. The third-order valence-corrected chi connectivity index (χ3v) is 3.29. The zero-order valence-corrected chi connectivity index (χ0v) is 12.3. The van der Waals surface area contributed by atoms with Crippen LogP contribution in [0, 0.1) is 11.8 Å². The Kier molecular flexibility index (Phi) is 5.67. The molecule has 0 fully saturated rings. The first-order valence-corrected chi connectivity index (χ1v) is 6.44. The van der Waals surface area contributed by atoms with Crippen molar-refractivity contribution in [2.75, 3.05) is 14.2 Å². The largest absolute Gasteiger partial charge is 0.469 e. The number of methoxy groups -OCH3 is 2. The fourth-order valence-corrected chi connectivity index (χ4v) is 2.26. The van der Waals surface area contributed by atoms with E-state index in [1.807, 2.05) is 13.8 Å². The normalized spacial score (nSPS) is 21.5. The summed E-state index contributed by atoms with van der Waals surface area (Å²) in [6.07, 6.45) is 3.75. The average Bonchev–Trinajstić information content (AvgIpc) is 2.44. The van der Waals surface area contributed by atoms with Gasteiger partial charge < -0.3 is 9.47 Å². The second kappa shape index (κ2) is 7.03. The third kappa shape index (κ3) is 3.79. The molecule has 1 aliphatic rings. The van der Waals surface area contributed by atoms with Crippen molar-refractivity contribution < 1.29 is 23.9 Å². The molecule has 0 aromatic heterocycles. The zero-order valence-electron chi connectivity index (χ0n) is 12.3. The number of allylic oxidation sites excluding steroid dienone is 4. The molecule has 1 rings (SSSR count). The summed E-state index contributed by atoms with van der Waals surface area (Å²) in [5.41, 5.74) is 1.43. The molecule has 5 nitrogen and oxygen atoms in total. The maximum absolute atomic E-state index is 12.0. The van der Waals surface area contributed by atoms with Crippen LogP contribution in [0.4, 0.5) is 0 Å². The Hall–Kier alpha value is -1.91. The van der Waals surface area contributed by atoms with Crippen molar-refractivity contribution in [3.05, 3.63) is 23.3 Å². The van der Waals surface area contributed by atoms with Gasteiger partial charge in [0.15, 0.2) is 5.78 Å². The topological polar surface area (TPSA) is 69.7 Å².